The number of anilines is 1. The fraction of sp³-hybridized carbons (Fsp3) is 0.640. The van der Waals surface area contributed by atoms with Gasteiger partial charge in [-0.25, -0.2) is 9.59 Å². The van der Waals surface area contributed by atoms with Crippen LogP contribution in [0.4, 0.5) is 10.5 Å². The molecule has 1 unspecified atom stereocenters. The minimum absolute atomic E-state index is 0.0836. The van der Waals surface area contributed by atoms with E-state index in [-0.39, 0.29) is 42.3 Å². The van der Waals surface area contributed by atoms with Gasteiger partial charge < -0.3 is 19.3 Å². The van der Waals surface area contributed by atoms with Gasteiger partial charge in [0.15, 0.2) is 0 Å². The molecule has 1 aromatic carbocycles. The maximum atomic E-state index is 13.0. The van der Waals surface area contributed by atoms with Crippen molar-refractivity contribution in [3.05, 3.63) is 30.3 Å². The van der Waals surface area contributed by atoms with E-state index in [0.717, 1.165) is 18.5 Å². The van der Waals surface area contributed by atoms with Crippen LogP contribution in [0.15, 0.2) is 30.3 Å². The number of esters is 1. The Balaban J connectivity index is 0.00000172. The Kier molecular flexibility index (Phi) is 11.1. The topological polar surface area (TPSA) is 93.2 Å². The normalized spacial score (nSPS) is 15.2. The SMILES string of the molecule is CC(C)OC(=O)C(C(C)C)N(c1ccccc1)C1CCN(C(=O)OC(C)(C)C)CC1.O=C=O. The summed E-state index contributed by atoms with van der Waals surface area (Å²) in [6.45, 7) is 14.7. The third-order valence-corrected chi connectivity index (χ3v) is 5.09. The predicted molar refractivity (Wildman–Crippen MR) is 125 cm³/mol. The summed E-state index contributed by atoms with van der Waals surface area (Å²) >= 11 is 0. The Labute approximate surface area is 197 Å². The van der Waals surface area contributed by atoms with Crippen LogP contribution in [0.5, 0.6) is 0 Å². The van der Waals surface area contributed by atoms with Crippen molar-refractivity contribution >= 4 is 23.9 Å². The molecule has 1 saturated heterocycles. The number of piperidine rings is 1. The highest BCUT2D eigenvalue weighted by Gasteiger charge is 2.38. The van der Waals surface area contributed by atoms with Gasteiger partial charge in [0, 0.05) is 24.8 Å². The number of nitrogens with zero attached hydrogens (tertiary/aromatic N) is 2. The summed E-state index contributed by atoms with van der Waals surface area (Å²) in [5.74, 6) is -0.112. The molecule has 184 valence electrons. The van der Waals surface area contributed by atoms with Crippen molar-refractivity contribution in [3.63, 3.8) is 0 Å². The molecular formula is C25H38N2O6. The van der Waals surface area contributed by atoms with Crippen molar-refractivity contribution in [1.29, 1.82) is 0 Å². The van der Waals surface area contributed by atoms with Gasteiger partial charge in [-0.15, -0.1) is 0 Å². The van der Waals surface area contributed by atoms with Crippen LogP contribution in [0.1, 0.15) is 61.3 Å². The number of para-hydroxylation sites is 1. The van der Waals surface area contributed by atoms with Crippen LogP contribution in [0.2, 0.25) is 0 Å². The first kappa shape index (κ1) is 28.2. The van der Waals surface area contributed by atoms with Crippen LogP contribution in [0, 0.1) is 5.92 Å². The molecule has 1 fully saturated rings. The Morgan fingerprint density at radius 2 is 1.55 bits per heavy atom. The van der Waals surface area contributed by atoms with Crippen molar-refractivity contribution in [2.24, 2.45) is 5.92 Å². The summed E-state index contributed by atoms with van der Waals surface area (Å²) in [6.07, 6.45) is 1.36. The van der Waals surface area contributed by atoms with Gasteiger partial charge in [0.25, 0.3) is 0 Å². The standard InChI is InChI=1S/C24H38N2O4.CO2/c1-17(2)21(22(27)29-18(3)4)26(19-11-9-8-10-12-19)20-13-15-25(16-14-20)23(28)30-24(5,6)7;2-1-3/h8-12,17-18,20-21H,13-16H2,1-7H3;. The zero-order chi connectivity index (χ0) is 25.2. The van der Waals surface area contributed by atoms with E-state index in [1.165, 1.54) is 0 Å². The highest BCUT2D eigenvalue weighted by molar-refractivity contribution is 5.81. The summed E-state index contributed by atoms with van der Waals surface area (Å²) in [6, 6.07) is 9.79. The van der Waals surface area contributed by atoms with Crippen molar-refractivity contribution in [3.8, 4) is 0 Å². The Morgan fingerprint density at radius 3 is 1.97 bits per heavy atom. The number of rotatable bonds is 6. The van der Waals surface area contributed by atoms with Crippen LogP contribution in [-0.2, 0) is 23.9 Å². The van der Waals surface area contributed by atoms with Crippen molar-refractivity contribution in [2.75, 3.05) is 18.0 Å². The molecule has 8 heteroatoms. The van der Waals surface area contributed by atoms with Crippen LogP contribution < -0.4 is 4.90 Å². The summed E-state index contributed by atoms with van der Waals surface area (Å²) in [5, 5.41) is 0. The van der Waals surface area contributed by atoms with E-state index >= 15 is 0 Å². The van der Waals surface area contributed by atoms with Crippen molar-refractivity contribution in [2.45, 2.75) is 85.1 Å². The molecular weight excluding hydrogens is 424 g/mol. The second kappa shape index (κ2) is 13.0. The number of benzene rings is 1. The van der Waals surface area contributed by atoms with Gasteiger partial charge in [0.05, 0.1) is 6.10 Å². The number of hydrogen-bond donors (Lipinski definition) is 0. The quantitative estimate of drug-likeness (QED) is 0.582. The van der Waals surface area contributed by atoms with E-state index in [4.69, 9.17) is 19.1 Å². The maximum Gasteiger partial charge on any atom is 0.410 e. The van der Waals surface area contributed by atoms with Crippen LogP contribution in [-0.4, -0.2) is 60.0 Å². The molecule has 33 heavy (non-hydrogen) atoms. The number of amides is 1. The van der Waals surface area contributed by atoms with Gasteiger partial charge in [0.2, 0.25) is 0 Å². The zero-order valence-corrected chi connectivity index (χ0v) is 20.9. The van der Waals surface area contributed by atoms with Gasteiger partial charge >= 0.3 is 18.2 Å². The first-order valence-corrected chi connectivity index (χ1v) is 11.4. The zero-order valence-electron chi connectivity index (χ0n) is 20.9. The maximum absolute atomic E-state index is 13.0. The average molecular weight is 463 g/mol. The monoisotopic (exact) mass is 462 g/mol. The fourth-order valence-corrected chi connectivity index (χ4v) is 3.86. The number of carbonyl (C=O) groups excluding carboxylic acids is 4. The minimum atomic E-state index is -0.507. The first-order valence-electron chi connectivity index (χ1n) is 11.4. The molecule has 1 aliphatic rings. The minimum Gasteiger partial charge on any atom is -0.461 e. The second-order valence-corrected chi connectivity index (χ2v) is 9.70. The average Bonchev–Trinajstić information content (AvgIpc) is 2.71. The molecule has 2 rings (SSSR count). The highest BCUT2D eigenvalue weighted by atomic mass is 16.6. The Hall–Kier alpha value is -2.86. The molecule has 8 nitrogen and oxygen atoms in total. The van der Waals surface area contributed by atoms with Crippen molar-refractivity contribution in [1.82, 2.24) is 4.90 Å². The predicted octanol–water partition coefficient (Wildman–Crippen LogP) is 4.29. The number of likely N-dealkylation sites (tertiary alicyclic amines) is 1. The van der Waals surface area contributed by atoms with E-state index in [1.54, 1.807) is 4.90 Å². The lowest BCUT2D eigenvalue weighted by Gasteiger charge is -2.44. The number of ether oxygens (including phenoxy) is 2. The molecule has 0 saturated carbocycles. The van der Waals surface area contributed by atoms with Gasteiger partial charge in [-0.2, -0.15) is 9.59 Å². The van der Waals surface area contributed by atoms with E-state index in [2.05, 4.69) is 18.7 Å². The molecule has 1 atom stereocenters. The fourth-order valence-electron chi connectivity index (χ4n) is 3.86. The largest absolute Gasteiger partial charge is 0.461 e. The van der Waals surface area contributed by atoms with E-state index in [9.17, 15) is 9.59 Å². The van der Waals surface area contributed by atoms with E-state index < -0.39 is 5.60 Å². The van der Waals surface area contributed by atoms with Crippen LogP contribution in [0.3, 0.4) is 0 Å². The molecule has 0 N–H and O–H groups in total. The molecule has 1 aliphatic heterocycles. The summed E-state index contributed by atoms with van der Waals surface area (Å²) in [7, 11) is 0. The molecule has 1 aromatic rings. The van der Waals surface area contributed by atoms with Crippen LogP contribution >= 0.6 is 0 Å². The summed E-state index contributed by atoms with van der Waals surface area (Å²) in [5.41, 5.74) is 0.500. The van der Waals surface area contributed by atoms with Gasteiger partial charge in [-0.3, -0.25) is 0 Å². The third-order valence-electron chi connectivity index (χ3n) is 5.09. The molecule has 0 aromatic heterocycles. The van der Waals surface area contributed by atoms with Gasteiger partial charge in [0.1, 0.15) is 11.6 Å². The Morgan fingerprint density at radius 1 is 1.03 bits per heavy atom. The smallest absolute Gasteiger partial charge is 0.410 e. The molecule has 0 spiro atoms. The molecule has 1 heterocycles. The lowest BCUT2D eigenvalue weighted by Crippen LogP contribution is -2.55. The first-order chi connectivity index (χ1) is 15.4. The van der Waals surface area contributed by atoms with Gasteiger partial charge in [-0.1, -0.05) is 32.0 Å². The number of carbonyl (C=O) groups is 2. The summed E-state index contributed by atoms with van der Waals surface area (Å²) in [4.78, 5) is 45.7. The third kappa shape index (κ3) is 9.26. The highest BCUT2D eigenvalue weighted by Crippen LogP contribution is 2.30. The van der Waals surface area contributed by atoms with Crippen LogP contribution in [0.25, 0.3) is 0 Å². The lowest BCUT2D eigenvalue weighted by atomic mass is 9.95. The van der Waals surface area contributed by atoms with E-state index in [0.29, 0.717) is 13.1 Å². The lowest BCUT2D eigenvalue weighted by molar-refractivity contribution is -0.191. The molecule has 1 amide bonds. The van der Waals surface area contributed by atoms with Gasteiger partial charge in [-0.05, 0) is 65.5 Å². The number of hydrogen-bond acceptors (Lipinski definition) is 7. The van der Waals surface area contributed by atoms with Crippen molar-refractivity contribution < 1.29 is 28.7 Å². The molecule has 0 radical (unpaired) electrons. The van der Waals surface area contributed by atoms with E-state index in [1.807, 2.05) is 65.0 Å². The Bertz CT molecular complexity index is 774. The molecule has 0 bridgehead atoms. The second-order valence-electron chi connectivity index (χ2n) is 9.70. The molecule has 0 aliphatic carbocycles. The summed E-state index contributed by atoms with van der Waals surface area (Å²) < 4.78 is 11.1.